The monoisotopic (exact) mass is 420 g/mol. The summed E-state index contributed by atoms with van der Waals surface area (Å²) < 4.78 is 32.6. The Balaban J connectivity index is 1.41. The number of amides is 1. The smallest absolute Gasteiger partial charge is 0.265 e. The van der Waals surface area contributed by atoms with Gasteiger partial charge in [0.05, 0.1) is 4.90 Å². The van der Waals surface area contributed by atoms with E-state index in [-0.39, 0.29) is 10.8 Å². The molecule has 0 radical (unpaired) electrons. The highest BCUT2D eigenvalue weighted by molar-refractivity contribution is 7.89. The summed E-state index contributed by atoms with van der Waals surface area (Å²) in [6, 6.07) is 11.5. The van der Waals surface area contributed by atoms with Gasteiger partial charge in [0.2, 0.25) is 10.0 Å². The highest BCUT2D eigenvalue weighted by Crippen LogP contribution is 2.31. The van der Waals surface area contributed by atoms with Crippen molar-refractivity contribution < 1.29 is 17.9 Å². The second-order valence-corrected chi connectivity index (χ2v) is 9.42. The second kappa shape index (κ2) is 7.73. The number of halogens is 1. The van der Waals surface area contributed by atoms with Gasteiger partial charge in [0.25, 0.3) is 5.91 Å². The number of carbonyl (C=O) groups is 1. The first-order valence-corrected chi connectivity index (χ1v) is 11.1. The fraction of sp³-hybridized carbons (Fsp3) is 0.350. The highest BCUT2D eigenvalue weighted by Gasteiger charge is 2.30. The van der Waals surface area contributed by atoms with Gasteiger partial charge < -0.3 is 10.1 Å². The number of nitrogens with zero attached hydrogens (tertiary/aromatic N) is 1. The molecule has 0 aromatic heterocycles. The topological polar surface area (TPSA) is 75.7 Å². The fourth-order valence-electron chi connectivity index (χ4n) is 3.55. The Morgan fingerprint density at radius 1 is 1.07 bits per heavy atom. The number of rotatable bonds is 4. The molecule has 148 valence electrons. The molecule has 0 aliphatic carbocycles. The third-order valence-electron chi connectivity index (χ3n) is 5.06. The molecule has 2 aliphatic rings. The molecule has 2 aliphatic heterocycles. The van der Waals surface area contributed by atoms with E-state index in [1.807, 2.05) is 0 Å². The van der Waals surface area contributed by atoms with Crippen molar-refractivity contribution >= 4 is 33.2 Å². The van der Waals surface area contributed by atoms with E-state index in [0.717, 1.165) is 24.8 Å². The van der Waals surface area contributed by atoms with Crippen LogP contribution in [0.15, 0.2) is 47.4 Å². The number of fused-ring (bicyclic) bond motifs is 1. The molecule has 2 aromatic carbocycles. The number of nitrogens with one attached hydrogen (secondary N) is 1. The Morgan fingerprint density at radius 2 is 1.79 bits per heavy atom. The summed E-state index contributed by atoms with van der Waals surface area (Å²) in [6.45, 7) is 1.12. The maximum absolute atomic E-state index is 12.7. The molecule has 1 N–H and O–H groups in total. The second-order valence-electron chi connectivity index (χ2n) is 7.04. The molecule has 4 rings (SSSR count). The summed E-state index contributed by atoms with van der Waals surface area (Å²) in [7, 11) is -3.48. The molecule has 0 spiro atoms. The van der Waals surface area contributed by atoms with Gasteiger partial charge in [-0.05, 0) is 60.9 Å². The molecule has 8 heteroatoms. The number of carbonyl (C=O) groups excluding carboxylic acids is 1. The highest BCUT2D eigenvalue weighted by atomic mass is 35.5. The van der Waals surface area contributed by atoms with Crippen LogP contribution in [0.5, 0.6) is 5.75 Å². The van der Waals surface area contributed by atoms with Crippen molar-refractivity contribution in [3.8, 4) is 5.75 Å². The van der Waals surface area contributed by atoms with E-state index in [1.165, 1.54) is 16.4 Å². The van der Waals surface area contributed by atoms with Crippen LogP contribution in [-0.4, -0.2) is 37.8 Å². The molecule has 6 nitrogen and oxygen atoms in total. The number of ether oxygens (including phenoxy) is 1. The Morgan fingerprint density at radius 3 is 2.50 bits per heavy atom. The van der Waals surface area contributed by atoms with Gasteiger partial charge in [-0.25, -0.2) is 8.42 Å². The van der Waals surface area contributed by atoms with Crippen LogP contribution in [-0.2, 0) is 21.2 Å². The van der Waals surface area contributed by atoms with Crippen molar-refractivity contribution in [3.63, 3.8) is 0 Å². The Labute approximate surface area is 169 Å². The molecular formula is C20H21ClN2O4S. The molecular weight excluding hydrogens is 400 g/mol. The number of hydrogen-bond acceptors (Lipinski definition) is 4. The maximum Gasteiger partial charge on any atom is 0.265 e. The molecule has 28 heavy (non-hydrogen) atoms. The first-order valence-electron chi connectivity index (χ1n) is 9.30. The van der Waals surface area contributed by atoms with Gasteiger partial charge in [-0.15, -0.1) is 0 Å². The average Bonchev–Trinajstić information content (AvgIpc) is 3.12. The number of piperidine rings is 1. The third-order valence-corrected chi connectivity index (χ3v) is 7.21. The van der Waals surface area contributed by atoms with Gasteiger partial charge in [0.1, 0.15) is 5.75 Å². The fourth-order valence-corrected chi connectivity index (χ4v) is 5.26. The van der Waals surface area contributed by atoms with E-state index < -0.39 is 16.1 Å². The molecule has 1 unspecified atom stereocenters. The van der Waals surface area contributed by atoms with Crippen LogP contribution < -0.4 is 10.1 Å². The lowest BCUT2D eigenvalue weighted by Crippen LogP contribution is -2.35. The first-order chi connectivity index (χ1) is 13.4. The zero-order valence-electron chi connectivity index (χ0n) is 15.2. The van der Waals surface area contributed by atoms with E-state index in [9.17, 15) is 13.2 Å². The summed E-state index contributed by atoms with van der Waals surface area (Å²) in [5.74, 6) is 0.381. The van der Waals surface area contributed by atoms with Gasteiger partial charge in [-0.3, -0.25) is 4.79 Å². The maximum atomic E-state index is 12.7. The Bertz CT molecular complexity index is 986. The molecule has 0 bridgehead atoms. The van der Waals surface area contributed by atoms with Crippen LogP contribution in [0.4, 0.5) is 5.69 Å². The zero-order chi connectivity index (χ0) is 19.7. The zero-order valence-corrected chi connectivity index (χ0v) is 16.8. The lowest BCUT2D eigenvalue weighted by molar-refractivity contribution is -0.122. The number of anilines is 1. The lowest BCUT2D eigenvalue weighted by atomic mass is 10.1. The summed E-state index contributed by atoms with van der Waals surface area (Å²) in [6.07, 6.45) is 2.66. The van der Waals surface area contributed by atoms with Crippen molar-refractivity contribution in [2.45, 2.75) is 36.7 Å². The first kappa shape index (κ1) is 19.2. The van der Waals surface area contributed by atoms with Crippen LogP contribution in [0.1, 0.15) is 24.8 Å². The summed E-state index contributed by atoms with van der Waals surface area (Å²) in [5, 5.41) is 3.39. The average molecular weight is 421 g/mol. The minimum Gasteiger partial charge on any atom is -0.480 e. The van der Waals surface area contributed by atoms with Gasteiger partial charge >= 0.3 is 0 Å². The quantitative estimate of drug-likeness (QED) is 0.821. The van der Waals surface area contributed by atoms with E-state index >= 15 is 0 Å². The van der Waals surface area contributed by atoms with Gasteiger partial charge in [-0.2, -0.15) is 4.31 Å². The largest absolute Gasteiger partial charge is 0.480 e. The Hall–Kier alpha value is -2.09. The van der Waals surface area contributed by atoms with E-state index in [1.54, 1.807) is 30.3 Å². The molecule has 1 fully saturated rings. The molecule has 0 saturated carbocycles. The molecule has 1 amide bonds. The summed E-state index contributed by atoms with van der Waals surface area (Å²) >= 11 is 5.98. The van der Waals surface area contributed by atoms with Crippen molar-refractivity contribution in [2.75, 3.05) is 18.4 Å². The number of sulfonamides is 1. The van der Waals surface area contributed by atoms with Crippen molar-refractivity contribution in [1.29, 1.82) is 0 Å². The van der Waals surface area contributed by atoms with Crippen molar-refractivity contribution in [1.82, 2.24) is 4.31 Å². The van der Waals surface area contributed by atoms with Crippen LogP contribution in [0, 0.1) is 0 Å². The van der Waals surface area contributed by atoms with Crippen molar-refractivity contribution in [2.24, 2.45) is 0 Å². The molecule has 2 aromatic rings. The van der Waals surface area contributed by atoms with Crippen LogP contribution in [0.3, 0.4) is 0 Å². The standard InChI is InChI=1S/C20H21ClN2O4S/c21-15-4-9-18-14(12-15)13-19(27-18)20(24)22-16-5-7-17(8-6-16)28(25,26)23-10-2-1-3-11-23/h4-9,12,19H,1-3,10-11,13H2,(H,22,24). The summed E-state index contributed by atoms with van der Waals surface area (Å²) in [5.41, 5.74) is 1.43. The van der Waals surface area contributed by atoms with Crippen LogP contribution >= 0.6 is 11.6 Å². The molecule has 1 saturated heterocycles. The SMILES string of the molecule is O=C(Nc1ccc(S(=O)(=O)N2CCCCC2)cc1)C1Cc2cc(Cl)ccc2O1. The number of benzene rings is 2. The van der Waals surface area contributed by atoms with E-state index in [0.29, 0.717) is 36.0 Å². The van der Waals surface area contributed by atoms with Gasteiger partial charge in [0.15, 0.2) is 6.10 Å². The predicted molar refractivity (Wildman–Crippen MR) is 107 cm³/mol. The minimum atomic E-state index is -3.48. The Kier molecular flexibility index (Phi) is 5.31. The van der Waals surface area contributed by atoms with Crippen molar-refractivity contribution in [3.05, 3.63) is 53.1 Å². The van der Waals surface area contributed by atoms with Gasteiger partial charge in [0, 0.05) is 30.2 Å². The minimum absolute atomic E-state index is 0.242. The van der Waals surface area contributed by atoms with Crippen LogP contribution in [0.25, 0.3) is 0 Å². The van der Waals surface area contributed by atoms with E-state index in [2.05, 4.69) is 5.32 Å². The third kappa shape index (κ3) is 3.87. The predicted octanol–water partition coefficient (Wildman–Crippen LogP) is 3.46. The van der Waals surface area contributed by atoms with Gasteiger partial charge in [-0.1, -0.05) is 18.0 Å². The summed E-state index contributed by atoms with van der Waals surface area (Å²) in [4.78, 5) is 12.7. The molecule has 1 atom stereocenters. The molecule has 2 heterocycles. The lowest BCUT2D eigenvalue weighted by Gasteiger charge is -2.25. The normalized spacial score (nSPS) is 19.7. The van der Waals surface area contributed by atoms with Crippen LogP contribution in [0.2, 0.25) is 5.02 Å². The number of hydrogen-bond donors (Lipinski definition) is 1. The van der Waals surface area contributed by atoms with E-state index in [4.69, 9.17) is 16.3 Å².